The molecule has 0 aromatic carbocycles. The molecule has 2 aliphatic heterocycles. The van der Waals surface area contributed by atoms with E-state index in [1.807, 2.05) is 4.90 Å². The van der Waals surface area contributed by atoms with E-state index in [-0.39, 0.29) is 12.0 Å². The zero-order valence-electron chi connectivity index (χ0n) is 9.74. The van der Waals surface area contributed by atoms with Gasteiger partial charge in [0.2, 0.25) is 0 Å². The van der Waals surface area contributed by atoms with Crippen LogP contribution in [0, 0.1) is 11.8 Å². The Hall–Kier alpha value is -0.570. The van der Waals surface area contributed by atoms with E-state index in [0.29, 0.717) is 11.8 Å². The van der Waals surface area contributed by atoms with Gasteiger partial charge in [-0.05, 0) is 31.1 Å². The molecule has 2 rings (SSSR count). The maximum atomic E-state index is 12.0. The molecule has 0 aromatic rings. The van der Waals surface area contributed by atoms with Crippen LogP contribution in [0.2, 0.25) is 0 Å². The summed E-state index contributed by atoms with van der Waals surface area (Å²) in [6.07, 6.45) is 2.99. The SMILES string of the molecule is CC(C)C1CCN(C(=O)[C@H]2CCCO2)C1. The molecule has 0 spiro atoms. The Kier molecular flexibility index (Phi) is 3.29. The van der Waals surface area contributed by atoms with E-state index in [9.17, 15) is 4.79 Å². The first-order valence-electron chi connectivity index (χ1n) is 6.09. The van der Waals surface area contributed by atoms with E-state index in [1.54, 1.807) is 0 Å². The average molecular weight is 211 g/mol. The molecule has 0 aromatic heterocycles. The number of hydrogen-bond donors (Lipinski definition) is 0. The molecular formula is C12H21NO2. The van der Waals surface area contributed by atoms with Crippen LogP contribution in [-0.2, 0) is 9.53 Å². The van der Waals surface area contributed by atoms with Crippen molar-refractivity contribution in [2.75, 3.05) is 19.7 Å². The van der Waals surface area contributed by atoms with E-state index in [1.165, 1.54) is 0 Å². The first kappa shape index (κ1) is 10.9. The van der Waals surface area contributed by atoms with Crippen LogP contribution in [0.25, 0.3) is 0 Å². The lowest BCUT2D eigenvalue weighted by atomic mass is 9.95. The first-order valence-corrected chi connectivity index (χ1v) is 6.09. The first-order chi connectivity index (χ1) is 7.18. The highest BCUT2D eigenvalue weighted by molar-refractivity contribution is 5.81. The van der Waals surface area contributed by atoms with Gasteiger partial charge < -0.3 is 9.64 Å². The Morgan fingerprint density at radius 3 is 2.73 bits per heavy atom. The molecule has 2 aliphatic rings. The third kappa shape index (κ3) is 2.33. The van der Waals surface area contributed by atoms with Gasteiger partial charge >= 0.3 is 0 Å². The zero-order chi connectivity index (χ0) is 10.8. The van der Waals surface area contributed by atoms with Crippen LogP contribution < -0.4 is 0 Å². The highest BCUT2D eigenvalue weighted by atomic mass is 16.5. The monoisotopic (exact) mass is 211 g/mol. The molecule has 0 N–H and O–H groups in total. The summed E-state index contributed by atoms with van der Waals surface area (Å²) >= 11 is 0. The molecule has 2 heterocycles. The Morgan fingerprint density at radius 1 is 1.40 bits per heavy atom. The molecule has 2 fully saturated rings. The normalized spacial score (nSPS) is 31.5. The lowest BCUT2D eigenvalue weighted by Crippen LogP contribution is -2.37. The topological polar surface area (TPSA) is 29.5 Å². The second-order valence-corrected chi connectivity index (χ2v) is 5.08. The molecular weight excluding hydrogens is 190 g/mol. The van der Waals surface area contributed by atoms with E-state index in [2.05, 4.69) is 13.8 Å². The van der Waals surface area contributed by atoms with E-state index >= 15 is 0 Å². The molecule has 0 aliphatic carbocycles. The number of carbonyl (C=O) groups is 1. The molecule has 1 amide bonds. The smallest absolute Gasteiger partial charge is 0.251 e. The van der Waals surface area contributed by atoms with Crippen molar-refractivity contribution in [2.24, 2.45) is 11.8 Å². The van der Waals surface area contributed by atoms with Crippen molar-refractivity contribution in [3.8, 4) is 0 Å². The molecule has 3 nitrogen and oxygen atoms in total. The van der Waals surface area contributed by atoms with Crippen LogP contribution in [0.5, 0.6) is 0 Å². The summed E-state index contributed by atoms with van der Waals surface area (Å²) in [4.78, 5) is 14.0. The minimum absolute atomic E-state index is 0.129. The van der Waals surface area contributed by atoms with Crippen molar-refractivity contribution in [3.63, 3.8) is 0 Å². The summed E-state index contributed by atoms with van der Waals surface area (Å²) in [5.74, 6) is 1.61. The number of carbonyl (C=O) groups excluding carboxylic acids is 1. The summed E-state index contributed by atoms with van der Waals surface area (Å²) in [6.45, 7) is 7.12. The molecule has 2 saturated heterocycles. The largest absolute Gasteiger partial charge is 0.368 e. The van der Waals surface area contributed by atoms with Crippen molar-refractivity contribution >= 4 is 5.91 Å². The predicted octanol–water partition coefficient (Wildman–Crippen LogP) is 1.67. The third-order valence-corrected chi connectivity index (χ3v) is 3.68. The fraction of sp³-hybridized carbons (Fsp3) is 0.917. The average Bonchev–Trinajstić information content (AvgIpc) is 2.88. The van der Waals surface area contributed by atoms with Gasteiger partial charge in [-0.15, -0.1) is 0 Å². The lowest BCUT2D eigenvalue weighted by Gasteiger charge is -2.21. The van der Waals surface area contributed by atoms with Gasteiger partial charge in [0.15, 0.2) is 0 Å². The number of likely N-dealkylation sites (tertiary alicyclic amines) is 1. The van der Waals surface area contributed by atoms with Crippen molar-refractivity contribution in [3.05, 3.63) is 0 Å². The van der Waals surface area contributed by atoms with Gasteiger partial charge in [0.05, 0.1) is 0 Å². The van der Waals surface area contributed by atoms with Crippen LogP contribution in [0.1, 0.15) is 33.1 Å². The summed E-state index contributed by atoms with van der Waals surface area (Å²) in [5, 5.41) is 0. The van der Waals surface area contributed by atoms with E-state index in [0.717, 1.165) is 39.0 Å². The van der Waals surface area contributed by atoms with Crippen molar-refractivity contribution in [1.82, 2.24) is 4.90 Å². The number of rotatable bonds is 2. The highest BCUT2D eigenvalue weighted by Gasteiger charge is 2.33. The summed E-state index contributed by atoms with van der Waals surface area (Å²) in [5.41, 5.74) is 0. The maximum Gasteiger partial charge on any atom is 0.251 e. The van der Waals surface area contributed by atoms with Gasteiger partial charge in [-0.2, -0.15) is 0 Å². The third-order valence-electron chi connectivity index (χ3n) is 3.68. The van der Waals surface area contributed by atoms with Crippen LogP contribution in [0.3, 0.4) is 0 Å². The molecule has 2 atom stereocenters. The number of hydrogen-bond acceptors (Lipinski definition) is 2. The molecule has 0 saturated carbocycles. The molecule has 15 heavy (non-hydrogen) atoms. The second-order valence-electron chi connectivity index (χ2n) is 5.08. The van der Waals surface area contributed by atoms with Crippen molar-refractivity contribution < 1.29 is 9.53 Å². The minimum atomic E-state index is -0.129. The molecule has 1 unspecified atom stereocenters. The van der Waals surface area contributed by atoms with Gasteiger partial charge in [-0.1, -0.05) is 13.8 Å². The van der Waals surface area contributed by atoms with Gasteiger partial charge in [-0.25, -0.2) is 0 Å². The van der Waals surface area contributed by atoms with Crippen LogP contribution in [-0.4, -0.2) is 36.6 Å². The maximum absolute atomic E-state index is 12.0. The predicted molar refractivity (Wildman–Crippen MR) is 58.5 cm³/mol. The van der Waals surface area contributed by atoms with Crippen LogP contribution in [0.15, 0.2) is 0 Å². The molecule has 0 radical (unpaired) electrons. The van der Waals surface area contributed by atoms with Crippen molar-refractivity contribution in [1.29, 1.82) is 0 Å². The standard InChI is InChI=1S/C12H21NO2/c1-9(2)10-5-6-13(8-10)12(14)11-4-3-7-15-11/h9-11H,3-8H2,1-2H3/t10?,11-/m1/s1. The fourth-order valence-corrected chi connectivity index (χ4v) is 2.51. The van der Waals surface area contributed by atoms with Crippen LogP contribution in [0.4, 0.5) is 0 Å². The van der Waals surface area contributed by atoms with Gasteiger partial charge in [0, 0.05) is 19.7 Å². The Bertz CT molecular complexity index is 234. The summed E-state index contributed by atoms with van der Waals surface area (Å²) in [7, 11) is 0. The summed E-state index contributed by atoms with van der Waals surface area (Å²) in [6, 6.07) is 0. The van der Waals surface area contributed by atoms with Gasteiger partial charge in [-0.3, -0.25) is 4.79 Å². The molecule has 86 valence electrons. The van der Waals surface area contributed by atoms with Gasteiger partial charge in [0.1, 0.15) is 6.10 Å². The van der Waals surface area contributed by atoms with E-state index < -0.39 is 0 Å². The second kappa shape index (κ2) is 4.52. The lowest BCUT2D eigenvalue weighted by molar-refractivity contribution is -0.140. The number of ether oxygens (including phenoxy) is 1. The van der Waals surface area contributed by atoms with Crippen LogP contribution >= 0.6 is 0 Å². The Morgan fingerprint density at radius 2 is 2.20 bits per heavy atom. The Labute approximate surface area is 91.8 Å². The minimum Gasteiger partial charge on any atom is -0.368 e. The van der Waals surface area contributed by atoms with Crippen molar-refractivity contribution in [2.45, 2.75) is 39.2 Å². The molecule has 3 heteroatoms. The number of amides is 1. The highest BCUT2D eigenvalue weighted by Crippen LogP contribution is 2.25. The molecule has 0 bridgehead atoms. The number of nitrogens with zero attached hydrogens (tertiary/aromatic N) is 1. The fourth-order valence-electron chi connectivity index (χ4n) is 2.51. The zero-order valence-corrected chi connectivity index (χ0v) is 9.74. The Balaban J connectivity index is 1.87. The summed E-state index contributed by atoms with van der Waals surface area (Å²) < 4.78 is 5.43. The quantitative estimate of drug-likeness (QED) is 0.695. The van der Waals surface area contributed by atoms with Gasteiger partial charge in [0.25, 0.3) is 5.91 Å². The van der Waals surface area contributed by atoms with E-state index in [4.69, 9.17) is 4.74 Å².